The molecule has 166 valence electrons. The second-order valence-corrected chi connectivity index (χ2v) is 7.80. The van der Waals surface area contributed by atoms with Gasteiger partial charge in [-0.15, -0.1) is 0 Å². The smallest absolute Gasteiger partial charge is 0.312 e. The first-order valence-corrected chi connectivity index (χ1v) is 10.9. The summed E-state index contributed by atoms with van der Waals surface area (Å²) in [7, 11) is 0. The van der Waals surface area contributed by atoms with Gasteiger partial charge in [0.2, 0.25) is 0 Å². The monoisotopic (exact) mass is 430 g/mol. The second kappa shape index (κ2) is 11.1. The molecule has 0 aliphatic rings. The van der Waals surface area contributed by atoms with E-state index in [0.717, 1.165) is 22.3 Å². The van der Waals surface area contributed by atoms with Gasteiger partial charge in [0.1, 0.15) is 5.75 Å². The van der Waals surface area contributed by atoms with Crippen molar-refractivity contribution < 1.29 is 14.3 Å². The first kappa shape index (κ1) is 23.1. The van der Waals surface area contributed by atoms with Gasteiger partial charge in [-0.3, -0.25) is 9.59 Å². The molecular formula is C27H30N2O3. The molecule has 1 N–H and O–H groups in total. The second-order valence-electron chi connectivity index (χ2n) is 7.80. The van der Waals surface area contributed by atoms with Crippen molar-refractivity contribution in [1.82, 2.24) is 10.2 Å². The zero-order valence-corrected chi connectivity index (χ0v) is 18.9. The zero-order chi connectivity index (χ0) is 22.9. The molecule has 1 atom stereocenters. The Morgan fingerprint density at radius 2 is 1.47 bits per heavy atom. The molecule has 5 heteroatoms. The Bertz CT molecular complexity index is 994. The van der Waals surface area contributed by atoms with Gasteiger partial charge in [-0.1, -0.05) is 78.4 Å². The van der Waals surface area contributed by atoms with E-state index in [9.17, 15) is 9.59 Å². The van der Waals surface area contributed by atoms with Crippen LogP contribution in [0.5, 0.6) is 5.75 Å². The topological polar surface area (TPSA) is 58.6 Å². The first-order valence-electron chi connectivity index (χ1n) is 10.9. The summed E-state index contributed by atoms with van der Waals surface area (Å²) in [4.78, 5) is 27.7. The summed E-state index contributed by atoms with van der Waals surface area (Å²) in [6, 6.07) is 24.8. The Labute approximate surface area is 190 Å². The van der Waals surface area contributed by atoms with E-state index in [0.29, 0.717) is 25.4 Å². The number of carbonyl (C=O) groups excluding carboxylic acids is 2. The molecule has 3 aromatic rings. The molecule has 0 saturated carbocycles. The number of amides is 2. The Morgan fingerprint density at radius 3 is 2.00 bits per heavy atom. The van der Waals surface area contributed by atoms with Crippen LogP contribution in [0.1, 0.15) is 42.1 Å². The van der Waals surface area contributed by atoms with Gasteiger partial charge in [0, 0.05) is 18.7 Å². The fourth-order valence-electron chi connectivity index (χ4n) is 3.58. The maximum absolute atomic E-state index is 13.2. The largest absolute Gasteiger partial charge is 0.494 e. The maximum atomic E-state index is 13.2. The average molecular weight is 431 g/mol. The van der Waals surface area contributed by atoms with Crippen LogP contribution < -0.4 is 10.1 Å². The summed E-state index contributed by atoms with van der Waals surface area (Å²) < 4.78 is 5.71. The molecule has 0 radical (unpaired) electrons. The predicted octanol–water partition coefficient (Wildman–Crippen LogP) is 4.80. The molecule has 0 bridgehead atoms. The highest BCUT2D eigenvalue weighted by Crippen LogP contribution is 2.26. The zero-order valence-electron chi connectivity index (χ0n) is 18.9. The number of rotatable bonds is 8. The number of hydrogen-bond donors (Lipinski definition) is 1. The van der Waals surface area contributed by atoms with Crippen molar-refractivity contribution in [3.8, 4) is 5.75 Å². The minimum Gasteiger partial charge on any atom is -0.494 e. The highest BCUT2D eigenvalue weighted by molar-refractivity contribution is 6.35. The molecule has 0 aromatic heterocycles. The Hall–Kier alpha value is -3.60. The summed E-state index contributed by atoms with van der Waals surface area (Å²) in [5, 5.41) is 2.86. The van der Waals surface area contributed by atoms with E-state index in [1.165, 1.54) is 0 Å². The van der Waals surface area contributed by atoms with E-state index < -0.39 is 11.8 Å². The fourth-order valence-corrected chi connectivity index (χ4v) is 3.58. The van der Waals surface area contributed by atoms with Crippen LogP contribution in [0.4, 0.5) is 0 Å². The van der Waals surface area contributed by atoms with Crippen molar-refractivity contribution in [1.29, 1.82) is 0 Å². The van der Waals surface area contributed by atoms with Gasteiger partial charge < -0.3 is 15.0 Å². The number of benzene rings is 3. The molecule has 0 aliphatic heterocycles. The van der Waals surface area contributed by atoms with E-state index in [1.807, 2.05) is 99.6 Å². The molecule has 2 amide bonds. The number of nitrogens with zero attached hydrogens (tertiary/aromatic N) is 1. The van der Waals surface area contributed by atoms with Crippen molar-refractivity contribution in [2.24, 2.45) is 0 Å². The summed E-state index contributed by atoms with van der Waals surface area (Å²) in [6.07, 6.45) is 0. The Balaban J connectivity index is 1.78. The molecule has 0 fully saturated rings. The summed E-state index contributed by atoms with van der Waals surface area (Å²) in [6.45, 7) is 7.00. The molecule has 0 saturated heterocycles. The molecule has 1 unspecified atom stereocenters. The number of nitrogens with one attached hydrogen (secondary N) is 1. The first-order chi connectivity index (χ1) is 15.5. The van der Waals surface area contributed by atoms with Gasteiger partial charge in [-0.25, -0.2) is 0 Å². The van der Waals surface area contributed by atoms with Crippen LogP contribution in [0.15, 0.2) is 78.9 Å². The van der Waals surface area contributed by atoms with Gasteiger partial charge in [0.15, 0.2) is 0 Å². The Kier molecular flexibility index (Phi) is 8.03. The normalized spacial score (nSPS) is 11.5. The average Bonchev–Trinajstić information content (AvgIpc) is 2.80. The minimum absolute atomic E-state index is 0.352. The van der Waals surface area contributed by atoms with Crippen LogP contribution in [0.3, 0.4) is 0 Å². The lowest BCUT2D eigenvalue weighted by Crippen LogP contribution is -2.43. The highest BCUT2D eigenvalue weighted by Gasteiger charge is 2.25. The van der Waals surface area contributed by atoms with E-state index in [2.05, 4.69) is 5.32 Å². The molecule has 0 spiro atoms. The number of aryl methyl sites for hydroxylation is 1. The summed E-state index contributed by atoms with van der Waals surface area (Å²) >= 11 is 0. The van der Waals surface area contributed by atoms with Crippen molar-refractivity contribution in [3.63, 3.8) is 0 Å². The number of ether oxygens (including phenoxy) is 1. The van der Waals surface area contributed by atoms with Gasteiger partial charge >= 0.3 is 11.8 Å². The SMILES string of the molecule is CCOc1ccc(C)cc1C(C)NC(=O)C(=O)N(Cc1ccccc1)Cc1ccccc1. The molecule has 5 nitrogen and oxygen atoms in total. The van der Waals surface area contributed by atoms with E-state index in [1.54, 1.807) is 4.90 Å². The third kappa shape index (κ3) is 6.20. The quantitative estimate of drug-likeness (QED) is 0.522. The van der Waals surface area contributed by atoms with Crippen molar-refractivity contribution >= 4 is 11.8 Å². The summed E-state index contributed by atoms with van der Waals surface area (Å²) in [5.41, 5.74) is 3.85. The molecular weight excluding hydrogens is 400 g/mol. The lowest BCUT2D eigenvalue weighted by molar-refractivity contribution is -0.147. The molecule has 0 heterocycles. The van der Waals surface area contributed by atoms with Crippen LogP contribution in [0, 0.1) is 6.92 Å². The van der Waals surface area contributed by atoms with Gasteiger partial charge in [0.25, 0.3) is 0 Å². The van der Waals surface area contributed by atoms with Gasteiger partial charge in [-0.2, -0.15) is 0 Å². The van der Waals surface area contributed by atoms with Gasteiger partial charge in [0.05, 0.1) is 12.6 Å². The highest BCUT2D eigenvalue weighted by atomic mass is 16.5. The lowest BCUT2D eigenvalue weighted by atomic mass is 10.0. The van der Waals surface area contributed by atoms with E-state index in [4.69, 9.17) is 4.74 Å². The van der Waals surface area contributed by atoms with Crippen LogP contribution in [-0.4, -0.2) is 23.3 Å². The van der Waals surface area contributed by atoms with E-state index in [-0.39, 0.29) is 6.04 Å². The molecule has 0 aliphatic carbocycles. The number of hydrogen-bond acceptors (Lipinski definition) is 3. The Morgan fingerprint density at radius 1 is 0.906 bits per heavy atom. The van der Waals surface area contributed by atoms with Gasteiger partial charge in [-0.05, 0) is 38.0 Å². The third-order valence-corrected chi connectivity index (χ3v) is 5.19. The standard InChI is InChI=1S/C27H30N2O3/c1-4-32-25-16-15-20(2)17-24(25)21(3)28-26(30)27(31)29(18-22-11-7-5-8-12-22)19-23-13-9-6-10-14-23/h5-17,21H,4,18-19H2,1-3H3,(H,28,30). The van der Waals surface area contributed by atoms with E-state index >= 15 is 0 Å². The summed E-state index contributed by atoms with van der Waals surface area (Å²) in [5.74, 6) is -0.479. The van der Waals surface area contributed by atoms with Crippen molar-refractivity contribution in [3.05, 3.63) is 101 Å². The lowest BCUT2D eigenvalue weighted by Gasteiger charge is -2.24. The molecule has 3 aromatic carbocycles. The minimum atomic E-state index is -0.631. The fraction of sp³-hybridized carbons (Fsp3) is 0.259. The van der Waals surface area contributed by atoms with Crippen LogP contribution in [-0.2, 0) is 22.7 Å². The van der Waals surface area contributed by atoms with Crippen molar-refractivity contribution in [2.45, 2.75) is 39.9 Å². The van der Waals surface area contributed by atoms with Crippen molar-refractivity contribution in [2.75, 3.05) is 6.61 Å². The maximum Gasteiger partial charge on any atom is 0.312 e. The number of carbonyl (C=O) groups is 2. The molecule has 32 heavy (non-hydrogen) atoms. The predicted molar refractivity (Wildman–Crippen MR) is 126 cm³/mol. The van der Waals surface area contributed by atoms with Crippen LogP contribution >= 0.6 is 0 Å². The van der Waals surface area contributed by atoms with Crippen LogP contribution in [0.2, 0.25) is 0 Å². The third-order valence-electron chi connectivity index (χ3n) is 5.19. The van der Waals surface area contributed by atoms with Crippen LogP contribution in [0.25, 0.3) is 0 Å². The molecule has 3 rings (SSSR count).